The molecule has 2 aromatic rings. The van der Waals surface area contributed by atoms with Crippen molar-refractivity contribution < 1.29 is 4.79 Å². The van der Waals surface area contributed by atoms with Crippen LogP contribution in [0.15, 0.2) is 54.6 Å². The van der Waals surface area contributed by atoms with Crippen LogP contribution in [-0.4, -0.2) is 12.6 Å². The zero-order valence-corrected chi connectivity index (χ0v) is 14.4. The molecule has 0 aliphatic carbocycles. The van der Waals surface area contributed by atoms with Crippen LogP contribution in [0.5, 0.6) is 0 Å². The molecule has 122 valence electrons. The van der Waals surface area contributed by atoms with E-state index in [-0.39, 0.29) is 6.03 Å². The predicted molar refractivity (Wildman–Crippen MR) is 95.8 cm³/mol. The standard InChI is InChI=1S/C19H23ClN2O/c1-19(2,16-10-12-17(20)13-11-16)22-18(23)21-14-6-9-15-7-4-3-5-8-15/h3-5,7-8,10-13H,6,9,14H2,1-2H3,(H2,21,22,23). The Labute approximate surface area is 143 Å². The fraction of sp³-hybridized carbons (Fsp3) is 0.316. The first-order valence-corrected chi connectivity index (χ1v) is 8.21. The van der Waals surface area contributed by atoms with E-state index < -0.39 is 5.54 Å². The van der Waals surface area contributed by atoms with Crippen molar-refractivity contribution >= 4 is 17.6 Å². The summed E-state index contributed by atoms with van der Waals surface area (Å²) in [5, 5.41) is 6.60. The van der Waals surface area contributed by atoms with Crippen LogP contribution in [0.25, 0.3) is 0 Å². The molecule has 23 heavy (non-hydrogen) atoms. The van der Waals surface area contributed by atoms with E-state index >= 15 is 0 Å². The summed E-state index contributed by atoms with van der Waals surface area (Å²) in [5.74, 6) is 0. The summed E-state index contributed by atoms with van der Waals surface area (Å²) in [7, 11) is 0. The van der Waals surface area contributed by atoms with Crippen molar-refractivity contribution in [2.75, 3.05) is 6.54 Å². The van der Waals surface area contributed by atoms with Crippen LogP contribution in [0.4, 0.5) is 4.79 Å². The SMILES string of the molecule is CC(C)(NC(=O)NCCCc1ccccc1)c1ccc(Cl)cc1. The Bertz CT molecular complexity index is 624. The van der Waals surface area contributed by atoms with Crippen molar-refractivity contribution in [2.45, 2.75) is 32.2 Å². The number of halogens is 1. The summed E-state index contributed by atoms with van der Waals surface area (Å²) in [4.78, 5) is 12.1. The smallest absolute Gasteiger partial charge is 0.315 e. The van der Waals surface area contributed by atoms with Gasteiger partial charge in [-0.05, 0) is 49.9 Å². The number of amides is 2. The van der Waals surface area contributed by atoms with E-state index in [1.165, 1.54) is 5.56 Å². The van der Waals surface area contributed by atoms with E-state index in [9.17, 15) is 4.79 Å². The fourth-order valence-electron chi connectivity index (χ4n) is 2.41. The average molecular weight is 331 g/mol. The van der Waals surface area contributed by atoms with Crippen LogP contribution in [0.1, 0.15) is 31.4 Å². The molecule has 3 nitrogen and oxygen atoms in total. The van der Waals surface area contributed by atoms with Crippen molar-refractivity contribution in [2.24, 2.45) is 0 Å². The van der Waals surface area contributed by atoms with Crippen LogP contribution < -0.4 is 10.6 Å². The zero-order valence-electron chi connectivity index (χ0n) is 13.6. The van der Waals surface area contributed by atoms with E-state index in [0.29, 0.717) is 11.6 Å². The first-order valence-electron chi connectivity index (χ1n) is 7.83. The van der Waals surface area contributed by atoms with Gasteiger partial charge in [-0.3, -0.25) is 0 Å². The number of hydrogen-bond acceptors (Lipinski definition) is 1. The number of benzene rings is 2. The van der Waals surface area contributed by atoms with E-state index in [1.54, 1.807) is 0 Å². The molecular formula is C19H23ClN2O. The second-order valence-corrected chi connectivity index (χ2v) is 6.54. The lowest BCUT2D eigenvalue weighted by molar-refractivity contribution is 0.230. The summed E-state index contributed by atoms with van der Waals surface area (Å²) in [6.45, 7) is 4.59. The first kappa shape index (κ1) is 17.4. The summed E-state index contributed by atoms with van der Waals surface area (Å²) in [6, 6.07) is 17.6. The normalized spacial score (nSPS) is 11.1. The molecule has 0 heterocycles. The van der Waals surface area contributed by atoms with E-state index in [1.807, 2.05) is 56.3 Å². The molecule has 2 aromatic carbocycles. The minimum absolute atomic E-state index is 0.155. The highest BCUT2D eigenvalue weighted by Gasteiger charge is 2.22. The van der Waals surface area contributed by atoms with Crippen LogP contribution in [0, 0.1) is 0 Å². The Balaban J connectivity index is 1.76. The summed E-state index contributed by atoms with van der Waals surface area (Å²) < 4.78 is 0. The third-order valence-electron chi connectivity index (χ3n) is 3.76. The van der Waals surface area contributed by atoms with Crippen molar-refractivity contribution in [3.63, 3.8) is 0 Å². The van der Waals surface area contributed by atoms with Crippen LogP contribution in [0.3, 0.4) is 0 Å². The third kappa shape index (κ3) is 5.61. The molecule has 0 saturated carbocycles. The van der Waals surface area contributed by atoms with Crippen LogP contribution in [-0.2, 0) is 12.0 Å². The number of rotatable bonds is 6. The highest BCUT2D eigenvalue weighted by atomic mass is 35.5. The monoisotopic (exact) mass is 330 g/mol. The molecular weight excluding hydrogens is 308 g/mol. The fourth-order valence-corrected chi connectivity index (χ4v) is 2.53. The lowest BCUT2D eigenvalue weighted by Crippen LogP contribution is -2.46. The Morgan fingerprint density at radius 3 is 2.35 bits per heavy atom. The van der Waals surface area contributed by atoms with Gasteiger partial charge >= 0.3 is 6.03 Å². The van der Waals surface area contributed by atoms with Gasteiger partial charge in [0.05, 0.1) is 5.54 Å². The maximum absolute atomic E-state index is 12.1. The van der Waals surface area contributed by atoms with E-state index in [4.69, 9.17) is 11.6 Å². The van der Waals surface area contributed by atoms with Gasteiger partial charge in [-0.1, -0.05) is 54.1 Å². The number of hydrogen-bond donors (Lipinski definition) is 2. The van der Waals surface area contributed by atoms with Gasteiger partial charge in [-0.25, -0.2) is 4.79 Å². The molecule has 0 bridgehead atoms. The largest absolute Gasteiger partial charge is 0.338 e. The minimum atomic E-state index is -0.450. The average Bonchev–Trinajstić information content (AvgIpc) is 2.52. The van der Waals surface area contributed by atoms with Gasteiger partial charge < -0.3 is 10.6 Å². The van der Waals surface area contributed by atoms with Gasteiger partial charge in [-0.2, -0.15) is 0 Å². The van der Waals surface area contributed by atoms with Gasteiger partial charge in [0.2, 0.25) is 0 Å². The van der Waals surface area contributed by atoms with Gasteiger partial charge in [0.25, 0.3) is 0 Å². The highest BCUT2D eigenvalue weighted by Crippen LogP contribution is 2.21. The lowest BCUT2D eigenvalue weighted by atomic mass is 9.94. The van der Waals surface area contributed by atoms with Crippen molar-refractivity contribution in [3.05, 3.63) is 70.7 Å². The molecule has 0 atom stereocenters. The first-order chi connectivity index (χ1) is 11.0. The second kappa shape index (κ2) is 8.02. The molecule has 0 fully saturated rings. The van der Waals surface area contributed by atoms with E-state index in [2.05, 4.69) is 22.8 Å². The van der Waals surface area contributed by atoms with Gasteiger partial charge in [-0.15, -0.1) is 0 Å². The van der Waals surface area contributed by atoms with Gasteiger partial charge in [0.1, 0.15) is 0 Å². The van der Waals surface area contributed by atoms with Crippen molar-refractivity contribution in [1.29, 1.82) is 0 Å². The Hall–Kier alpha value is -2.00. The van der Waals surface area contributed by atoms with Crippen molar-refractivity contribution in [1.82, 2.24) is 10.6 Å². The summed E-state index contributed by atoms with van der Waals surface area (Å²) in [6.07, 6.45) is 1.88. The number of urea groups is 1. The summed E-state index contributed by atoms with van der Waals surface area (Å²) >= 11 is 5.90. The van der Waals surface area contributed by atoms with Crippen LogP contribution >= 0.6 is 11.6 Å². The number of aryl methyl sites for hydroxylation is 1. The number of nitrogens with one attached hydrogen (secondary N) is 2. The molecule has 0 unspecified atom stereocenters. The van der Waals surface area contributed by atoms with Crippen molar-refractivity contribution in [3.8, 4) is 0 Å². The lowest BCUT2D eigenvalue weighted by Gasteiger charge is -2.27. The minimum Gasteiger partial charge on any atom is -0.338 e. The van der Waals surface area contributed by atoms with Crippen LogP contribution in [0.2, 0.25) is 5.02 Å². The third-order valence-corrected chi connectivity index (χ3v) is 4.01. The highest BCUT2D eigenvalue weighted by molar-refractivity contribution is 6.30. The summed E-state index contributed by atoms with van der Waals surface area (Å²) in [5.41, 5.74) is 1.85. The molecule has 0 spiro atoms. The molecule has 2 amide bonds. The molecule has 0 aliphatic rings. The topological polar surface area (TPSA) is 41.1 Å². The molecule has 0 radical (unpaired) electrons. The molecule has 0 aromatic heterocycles. The number of carbonyl (C=O) groups excluding carboxylic acids is 1. The molecule has 0 aliphatic heterocycles. The van der Waals surface area contributed by atoms with Gasteiger partial charge in [0.15, 0.2) is 0 Å². The quantitative estimate of drug-likeness (QED) is 0.752. The predicted octanol–water partition coefficient (Wildman–Crippen LogP) is 4.51. The Morgan fingerprint density at radius 2 is 1.70 bits per heavy atom. The Kier molecular flexibility index (Phi) is 6.05. The molecule has 4 heteroatoms. The second-order valence-electron chi connectivity index (χ2n) is 6.10. The molecule has 0 saturated heterocycles. The Morgan fingerprint density at radius 1 is 1.04 bits per heavy atom. The zero-order chi connectivity index (χ0) is 16.7. The van der Waals surface area contributed by atoms with Gasteiger partial charge in [0, 0.05) is 11.6 Å². The molecule has 2 rings (SSSR count). The molecule has 2 N–H and O–H groups in total. The number of carbonyl (C=O) groups is 1. The maximum Gasteiger partial charge on any atom is 0.315 e. The van der Waals surface area contributed by atoms with E-state index in [0.717, 1.165) is 18.4 Å². The maximum atomic E-state index is 12.1.